The number of fused-ring (bicyclic) bond motifs is 2. The maximum atomic E-state index is 11.9. The van der Waals surface area contributed by atoms with Gasteiger partial charge in [-0.2, -0.15) is 0 Å². The number of carbonyl (C=O) groups is 2. The molecule has 2 heterocycles. The van der Waals surface area contributed by atoms with Gasteiger partial charge in [0.15, 0.2) is 0 Å². The minimum Gasteiger partial charge on any atom is -0.491 e. The Morgan fingerprint density at radius 2 is 1.48 bits per heavy atom. The van der Waals surface area contributed by atoms with E-state index in [9.17, 15) is 9.59 Å². The topological polar surface area (TPSA) is 58.6 Å². The van der Waals surface area contributed by atoms with Crippen molar-refractivity contribution in [2.45, 2.75) is 48.1 Å². The van der Waals surface area contributed by atoms with Gasteiger partial charge in [0.1, 0.15) is 12.4 Å². The normalized spacial score (nSPS) is 13.6. The summed E-state index contributed by atoms with van der Waals surface area (Å²) in [7, 11) is 1.80. The summed E-state index contributed by atoms with van der Waals surface area (Å²) >= 11 is 0. The number of likely N-dealkylation sites (N-methyl/N-ethyl adjacent to an activating group) is 1. The molecule has 0 fully saturated rings. The van der Waals surface area contributed by atoms with Crippen LogP contribution >= 0.6 is 0 Å². The zero-order valence-corrected chi connectivity index (χ0v) is 18.8. The van der Waals surface area contributed by atoms with Crippen LogP contribution in [0.5, 0.6) is 5.75 Å². The highest BCUT2D eigenvalue weighted by molar-refractivity contribution is 5.99. The zero-order valence-electron chi connectivity index (χ0n) is 18.8. The Morgan fingerprint density at radius 1 is 0.897 bits per heavy atom. The van der Waals surface area contributed by atoms with Crippen LogP contribution in [0.25, 0.3) is 0 Å². The molecule has 0 aromatic heterocycles. The largest absolute Gasteiger partial charge is 0.491 e. The highest BCUT2D eigenvalue weighted by Gasteiger charge is 2.22. The molecule has 0 aliphatic carbocycles. The SMILES string of the molecule is CC.CC.Cc1cccc2c1C(=O)N(C)CCO2.Cc1cccc2c1C(=O)NC2. The van der Waals surface area contributed by atoms with Gasteiger partial charge in [-0.15, -0.1) is 0 Å². The molecule has 0 atom stereocenters. The highest BCUT2D eigenvalue weighted by Crippen LogP contribution is 2.25. The molecule has 2 aliphatic rings. The lowest BCUT2D eigenvalue weighted by atomic mass is 10.0. The van der Waals surface area contributed by atoms with E-state index in [1.807, 2.05) is 77.9 Å². The fourth-order valence-corrected chi connectivity index (χ4v) is 3.08. The first-order valence-electron chi connectivity index (χ1n) is 10.3. The molecule has 0 bridgehead atoms. The fourth-order valence-electron chi connectivity index (χ4n) is 3.08. The van der Waals surface area contributed by atoms with Crippen molar-refractivity contribution in [3.63, 3.8) is 0 Å². The fraction of sp³-hybridized carbons (Fsp3) is 0.417. The van der Waals surface area contributed by atoms with Crippen molar-refractivity contribution in [2.75, 3.05) is 20.2 Å². The number of hydrogen-bond donors (Lipinski definition) is 1. The number of hydrogen-bond acceptors (Lipinski definition) is 3. The van der Waals surface area contributed by atoms with Gasteiger partial charge < -0.3 is 15.0 Å². The molecule has 4 rings (SSSR count). The Morgan fingerprint density at radius 3 is 2.10 bits per heavy atom. The second-order valence-corrected chi connectivity index (χ2v) is 6.31. The van der Waals surface area contributed by atoms with Crippen molar-refractivity contribution < 1.29 is 14.3 Å². The van der Waals surface area contributed by atoms with Crippen LogP contribution in [0.15, 0.2) is 36.4 Å². The Bertz CT molecular complexity index is 831. The van der Waals surface area contributed by atoms with E-state index >= 15 is 0 Å². The van der Waals surface area contributed by atoms with E-state index in [4.69, 9.17) is 4.74 Å². The summed E-state index contributed by atoms with van der Waals surface area (Å²) in [5, 5.41) is 2.79. The van der Waals surface area contributed by atoms with E-state index < -0.39 is 0 Å². The van der Waals surface area contributed by atoms with Gasteiger partial charge in [0, 0.05) is 19.2 Å². The van der Waals surface area contributed by atoms with Crippen molar-refractivity contribution in [3.05, 3.63) is 64.2 Å². The van der Waals surface area contributed by atoms with Crippen LogP contribution in [0.2, 0.25) is 0 Å². The second-order valence-electron chi connectivity index (χ2n) is 6.31. The Labute approximate surface area is 175 Å². The number of amides is 2. The minimum atomic E-state index is 0.0515. The average Bonchev–Trinajstić information content (AvgIpc) is 3.06. The maximum absolute atomic E-state index is 11.9. The quantitative estimate of drug-likeness (QED) is 0.697. The van der Waals surface area contributed by atoms with E-state index in [0.29, 0.717) is 31.0 Å². The summed E-state index contributed by atoms with van der Waals surface area (Å²) < 4.78 is 5.51. The first kappa shape index (κ1) is 24.2. The Hall–Kier alpha value is -2.82. The molecular weight excluding hydrogens is 364 g/mol. The number of nitrogens with one attached hydrogen (secondary N) is 1. The Kier molecular flexibility index (Phi) is 9.93. The summed E-state index contributed by atoms with van der Waals surface area (Å²) in [4.78, 5) is 24.8. The molecular formula is C24H34N2O3. The van der Waals surface area contributed by atoms with Crippen molar-refractivity contribution in [3.8, 4) is 5.75 Å². The van der Waals surface area contributed by atoms with Crippen LogP contribution in [0.4, 0.5) is 0 Å². The number of rotatable bonds is 0. The zero-order chi connectivity index (χ0) is 22.0. The summed E-state index contributed by atoms with van der Waals surface area (Å²) in [6, 6.07) is 11.6. The molecule has 5 heteroatoms. The summed E-state index contributed by atoms with van der Waals surface area (Å²) in [5.41, 5.74) is 4.73. The van der Waals surface area contributed by atoms with E-state index in [-0.39, 0.29) is 11.8 Å². The van der Waals surface area contributed by atoms with Crippen molar-refractivity contribution in [2.24, 2.45) is 0 Å². The third-order valence-electron chi connectivity index (χ3n) is 4.50. The smallest absolute Gasteiger partial charge is 0.257 e. The molecule has 0 saturated carbocycles. The molecule has 5 nitrogen and oxygen atoms in total. The highest BCUT2D eigenvalue weighted by atomic mass is 16.5. The van der Waals surface area contributed by atoms with Crippen LogP contribution in [0.3, 0.4) is 0 Å². The molecule has 0 radical (unpaired) electrons. The lowest BCUT2D eigenvalue weighted by Gasteiger charge is -2.13. The van der Waals surface area contributed by atoms with Gasteiger partial charge in [0.2, 0.25) is 0 Å². The summed E-state index contributed by atoms with van der Waals surface area (Å²) in [5.74, 6) is 0.827. The number of nitrogens with zero attached hydrogens (tertiary/aromatic N) is 1. The van der Waals surface area contributed by atoms with Gasteiger partial charge in [-0.3, -0.25) is 9.59 Å². The van der Waals surface area contributed by atoms with Crippen molar-refractivity contribution >= 4 is 11.8 Å². The van der Waals surface area contributed by atoms with E-state index in [1.165, 1.54) is 0 Å². The van der Waals surface area contributed by atoms with Crippen LogP contribution in [0.1, 0.15) is 65.1 Å². The van der Waals surface area contributed by atoms with Gasteiger partial charge in [-0.05, 0) is 36.6 Å². The van der Waals surface area contributed by atoms with Gasteiger partial charge in [-0.1, -0.05) is 58.0 Å². The minimum absolute atomic E-state index is 0.0515. The molecule has 0 unspecified atom stereocenters. The molecule has 2 aromatic rings. The molecule has 158 valence electrons. The number of benzene rings is 2. The first-order chi connectivity index (χ1) is 14.0. The molecule has 1 N–H and O–H groups in total. The van der Waals surface area contributed by atoms with Gasteiger partial charge in [-0.25, -0.2) is 0 Å². The first-order valence-corrected chi connectivity index (χ1v) is 10.3. The number of ether oxygens (including phenoxy) is 1. The van der Waals surface area contributed by atoms with Gasteiger partial charge in [0.25, 0.3) is 11.8 Å². The van der Waals surface area contributed by atoms with Crippen molar-refractivity contribution in [1.82, 2.24) is 10.2 Å². The van der Waals surface area contributed by atoms with Gasteiger partial charge in [0.05, 0.1) is 12.1 Å². The monoisotopic (exact) mass is 398 g/mol. The molecule has 2 amide bonds. The molecule has 0 spiro atoms. The van der Waals surface area contributed by atoms with Crippen LogP contribution in [-0.2, 0) is 6.54 Å². The molecule has 2 aromatic carbocycles. The average molecular weight is 399 g/mol. The third kappa shape index (κ3) is 5.83. The van der Waals surface area contributed by atoms with Gasteiger partial charge >= 0.3 is 0 Å². The predicted molar refractivity (Wildman–Crippen MR) is 119 cm³/mol. The summed E-state index contributed by atoms with van der Waals surface area (Å²) in [6.45, 7) is 13.8. The van der Waals surface area contributed by atoms with E-state index in [0.717, 1.165) is 22.3 Å². The van der Waals surface area contributed by atoms with E-state index in [2.05, 4.69) is 5.32 Å². The maximum Gasteiger partial charge on any atom is 0.257 e. The molecule has 2 aliphatic heterocycles. The lowest BCUT2D eigenvalue weighted by molar-refractivity contribution is 0.0796. The van der Waals surface area contributed by atoms with Crippen molar-refractivity contribution in [1.29, 1.82) is 0 Å². The third-order valence-corrected chi connectivity index (χ3v) is 4.50. The number of carbonyl (C=O) groups excluding carboxylic acids is 2. The predicted octanol–water partition coefficient (Wildman–Crippen LogP) is 4.75. The number of aryl methyl sites for hydroxylation is 2. The standard InChI is InChI=1S/C11H13NO2.C9H9NO.2C2H6/c1-8-4-3-5-9-10(8)11(13)12(2)6-7-14-9;1-6-3-2-4-7-5-10-9(11)8(6)7;2*1-2/h3-5H,6-7H2,1-2H3;2-4H,5H2,1H3,(H,10,11);2*1-2H3. The lowest BCUT2D eigenvalue weighted by Crippen LogP contribution is -2.28. The summed E-state index contributed by atoms with van der Waals surface area (Å²) in [6.07, 6.45) is 0. The molecule has 0 saturated heterocycles. The van der Waals surface area contributed by atoms with Crippen LogP contribution in [-0.4, -0.2) is 36.9 Å². The second kappa shape index (κ2) is 11.9. The van der Waals surface area contributed by atoms with E-state index in [1.54, 1.807) is 11.9 Å². The van der Waals surface area contributed by atoms with Crippen LogP contribution < -0.4 is 10.1 Å². The Balaban J connectivity index is 0.000000252. The molecule has 29 heavy (non-hydrogen) atoms. The van der Waals surface area contributed by atoms with Crippen LogP contribution in [0, 0.1) is 13.8 Å².